The Morgan fingerprint density at radius 1 is 1.62 bits per heavy atom. The number of thiophene rings is 1. The first-order valence-corrected chi connectivity index (χ1v) is 5.52. The van der Waals surface area contributed by atoms with Crippen LogP contribution < -0.4 is 5.48 Å². The van der Waals surface area contributed by atoms with Crippen LogP contribution in [0.4, 0.5) is 0 Å². The molecule has 0 aromatic carbocycles. The lowest BCUT2D eigenvalue weighted by Gasteiger charge is -2.07. The Morgan fingerprint density at radius 2 is 2.31 bits per heavy atom. The van der Waals surface area contributed by atoms with Gasteiger partial charge >= 0.3 is 0 Å². The van der Waals surface area contributed by atoms with E-state index in [9.17, 15) is 4.79 Å². The Labute approximate surface area is 89.2 Å². The SMILES string of the molecule is CC(C)ONC(=O)c1cscc1Br. The van der Waals surface area contributed by atoms with Gasteiger partial charge in [-0.25, -0.2) is 5.48 Å². The van der Waals surface area contributed by atoms with Gasteiger partial charge in [-0.1, -0.05) is 0 Å². The molecule has 0 aliphatic carbocycles. The maximum Gasteiger partial charge on any atom is 0.276 e. The van der Waals surface area contributed by atoms with Gasteiger partial charge in [-0.15, -0.1) is 0 Å². The highest BCUT2D eigenvalue weighted by molar-refractivity contribution is 9.10. The van der Waals surface area contributed by atoms with Gasteiger partial charge in [-0.2, -0.15) is 11.3 Å². The molecule has 1 aromatic heterocycles. The zero-order valence-electron chi connectivity index (χ0n) is 7.33. The fourth-order valence-corrected chi connectivity index (χ4v) is 2.12. The van der Waals surface area contributed by atoms with Crippen molar-refractivity contribution in [1.82, 2.24) is 5.48 Å². The fourth-order valence-electron chi connectivity index (χ4n) is 0.670. The second kappa shape index (κ2) is 4.74. The van der Waals surface area contributed by atoms with Gasteiger partial charge in [0, 0.05) is 15.2 Å². The van der Waals surface area contributed by atoms with E-state index < -0.39 is 0 Å². The van der Waals surface area contributed by atoms with Crippen molar-refractivity contribution in [1.29, 1.82) is 0 Å². The summed E-state index contributed by atoms with van der Waals surface area (Å²) in [6.45, 7) is 3.70. The molecule has 1 amide bonds. The van der Waals surface area contributed by atoms with E-state index in [1.165, 1.54) is 11.3 Å². The molecule has 0 saturated heterocycles. The summed E-state index contributed by atoms with van der Waals surface area (Å²) in [5.41, 5.74) is 2.97. The molecule has 0 atom stereocenters. The number of carbonyl (C=O) groups excluding carboxylic acids is 1. The molecule has 1 aromatic rings. The molecule has 0 aliphatic heterocycles. The third-order valence-electron chi connectivity index (χ3n) is 1.25. The molecule has 0 saturated carbocycles. The number of hydrogen-bond acceptors (Lipinski definition) is 3. The van der Waals surface area contributed by atoms with Gasteiger partial charge < -0.3 is 0 Å². The van der Waals surface area contributed by atoms with E-state index in [0.29, 0.717) is 5.56 Å². The van der Waals surface area contributed by atoms with Crippen molar-refractivity contribution in [3.05, 3.63) is 20.8 Å². The highest BCUT2D eigenvalue weighted by atomic mass is 79.9. The Morgan fingerprint density at radius 3 is 2.77 bits per heavy atom. The van der Waals surface area contributed by atoms with Crippen LogP contribution in [0.5, 0.6) is 0 Å². The second-order valence-electron chi connectivity index (χ2n) is 2.73. The van der Waals surface area contributed by atoms with E-state index in [0.717, 1.165) is 4.47 Å². The van der Waals surface area contributed by atoms with Crippen LogP contribution in [0, 0.1) is 0 Å². The molecule has 5 heteroatoms. The first-order chi connectivity index (χ1) is 6.11. The van der Waals surface area contributed by atoms with Crippen molar-refractivity contribution in [2.75, 3.05) is 0 Å². The Kier molecular flexibility index (Phi) is 3.90. The molecule has 0 bridgehead atoms. The molecule has 0 spiro atoms. The molecular formula is C8H10BrNO2S. The minimum atomic E-state index is -0.221. The average molecular weight is 264 g/mol. The second-order valence-corrected chi connectivity index (χ2v) is 4.33. The van der Waals surface area contributed by atoms with Crippen molar-refractivity contribution < 1.29 is 9.63 Å². The summed E-state index contributed by atoms with van der Waals surface area (Å²) in [6, 6.07) is 0. The number of rotatable bonds is 3. The molecule has 1 N–H and O–H groups in total. The predicted octanol–water partition coefficient (Wildman–Crippen LogP) is 2.58. The lowest BCUT2D eigenvalue weighted by atomic mass is 10.3. The van der Waals surface area contributed by atoms with E-state index in [1.54, 1.807) is 5.38 Å². The van der Waals surface area contributed by atoms with Gasteiger partial charge in [0.2, 0.25) is 0 Å². The zero-order chi connectivity index (χ0) is 9.84. The van der Waals surface area contributed by atoms with Crippen LogP contribution in [-0.4, -0.2) is 12.0 Å². The van der Waals surface area contributed by atoms with Gasteiger partial charge in [0.15, 0.2) is 0 Å². The standard InChI is InChI=1S/C8H10BrNO2S/c1-5(2)12-10-8(11)6-3-13-4-7(6)9/h3-5H,1-2H3,(H,10,11). The highest BCUT2D eigenvalue weighted by Gasteiger charge is 2.10. The van der Waals surface area contributed by atoms with Crippen LogP contribution in [0.25, 0.3) is 0 Å². The number of hydroxylamine groups is 1. The van der Waals surface area contributed by atoms with E-state index in [2.05, 4.69) is 21.4 Å². The minimum Gasteiger partial charge on any atom is -0.271 e. The van der Waals surface area contributed by atoms with Gasteiger partial charge in [-0.3, -0.25) is 9.63 Å². The minimum absolute atomic E-state index is 0.0126. The summed E-state index contributed by atoms with van der Waals surface area (Å²) in [6.07, 6.45) is -0.0126. The largest absolute Gasteiger partial charge is 0.276 e. The normalized spacial score (nSPS) is 10.5. The quantitative estimate of drug-likeness (QED) is 0.852. The number of amides is 1. The van der Waals surface area contributed by atoms with E-state index >= 15 is 0 Å². The van der Waals surface area contributed by atoms with Crippen molar-refractivity contribution in [3.8, 4) is 0 Å². The summed E-state index contributed by atoms with van der Waals surface area (Å²) >= 11 is 4.73. The zero-order valence-corrected chi connectivity index (χ0v) is 9.74. The summed E-state index contributed by atoms with van der Waals surface area (Å²) in [7, 11) is 0. The first-order valence-electron chi connectivity index (χ1n) is 3.79. The number of nitrogens with one attached hydrogen (secondary N) is 1. The summed E-state index contributed by atoms with van der Waals surface area (Å²) in [5, 5.41) is 3.62. The molecule has 0 radical (unpaired) electrons. The molecule has 0 aliphatic rings. The summed E-state index contributed by atoms with van der Waals surface area (Å²) < 4.78 is 0.794. The van der Waals surface area contributed by atoms with Crippen LogP contribution in [0.15, 0.2) is 15.2 Å². The van der Waals surface area contributed by atoms with Crippen molar-refractivity contribution in [2.24, 2.45) is 0 Å². The van der Waals surface area contributed by atoms with E-state index in [1.807, 2.05) is 19.2 Å². The number of halogens is 1. The topological polar surface area (TPSA) is 38.3 Å². The third-order valence-corrected chi connectivity index (χ3v) is 2.95. The lowest BCUT2D eigenvalue weighted by Crippen LogP contribution is -2.26. The van der Waals surface area contributed by atoms with Gasteiger partial charge in [0.05, 0.1) is 11.7 Å². The van der Waals surface area contributed by atoms with Crippen LogP contribution in [0.2, 0.25) is 0 Å². The maximum absolute atomic E-state index is 11.4. The molecule has 1 heterocycles. The number of carbonyl (C=O) groups is 1. The van der Waals surface area contributed by atoms with Gasteiger partial charge in [0.25, 0.3) is 5.91 Å². The Bertz CT molecular complexity index is 298. The molecule has 3 nitrogen and oxygen atoms in total. The third kappa shape index (κ3) is 3.10. The maximum atomic E-state index is 11.4. The molecule has 1 rings (SSSR count). The lowest BCUT2D eigenvalue weighted by molar-refractivity contribution is 0.000170. The predicted molar refractivity (Wildman–Crippen MR) is 55.7 cm³/mol. The average Bonchev–Trinajstić information content (AvgIpc) is 2.47. The molecular weight excluding hydrogens is 254 g/mol. The Hall–Kier alpha value is -0.390. The van der Waals surface area contributed by atoms with E-state index in [-0.39, 0.29) is 12.0 Å². The summed E-state index contributed by atoms with van der Waals surface area (Å²) in [5.74, 6) is -0.221. The molecule has 0 unspecified atom stereocenters. The summed E-state index contributed by atoms with van der Waals surface area (Å²) in [4.78, 5) is 16.3. The van der Waals surface area contributed by atoms with Crippen molar-refractivity contribution in [3.63, 3.8) is 0 Å². The monoisotopic (exact) mass is 263 g/mol. The first kappa shape index (κ1) is 10.7. The van der Waals surface area contributed by atoms with Crippen LogP contribution in [0.3, 0.4) is 0 Å². The van der Waals surface area contributed by atoms with Crippen molar-refractivity contribution >= 4 is 33.2 Å². The van der Waals surface area contributed by atoms with Gasteiger partial charge in [-0.05, 0) is 29.8 Å². The van der Waals surface area contributed by atoms with Crippen LogP contribution in [0.1, 0.15) is 24.2 Å². The smallest absolute Gasteiger partial charge is 0.271 e. The van der Waals surface area contributed by atoms with E-state index in [4.69, 9.17) is 4.84 Å². The fraction of sp³-hybridized carbons (Fsp3) is 0.375. The molecule has 0 fully saturated rings. The highest BCUT2D eigenvalue weighted by Crippen LogP contribution is 2.20. The van der Waals surface area contributed by atoms with Crippen LogP contribution in [-0.2, 0) is 4.84 Å². The van der Waals surface area contributed by atoms with Crippen LogP contribution >= 0.6 is 27.3 Å². The van der Waals surface area contributed by atoms with Crippen molar-refractivity contribution in [2.45, 2.75) is 20.0 Å². The molecule has 13 heavy (non-hydrogen) atoms. The van der Waals surface area contributed by atoms with Gasteiger partial charge in [0.1, 0.15) is 0 Å². The number of hydrogen-bond donors (Lipinski definition) is 1. The Balaban J connectivity index is 2.54. The molecule has 72 valence electrons.